The van der Waals surface area contributed by atoms with Crippen molar-refractivity contribution >= 4 is 35.8 Å². The third-order valence-electron chi connectivity index (χ3n) is 3.99. The number of rotatable bonds is 4. The number of carbonyl (C=O) groups is 2. The predicted octanol–water partition coefficient (Wildman–Crippen LogP) is 2.18. The Morgan fingerprint density at radius 2 is 2.00 bits per heavy atom. The van der Waals surface area contributed by atoms with Crippen molar-refractivity contribution in [2.75, 3.05) is 19.8 Å². The molecule has 0 spiro atoms. The van der Waals surface area contributed by atoms with Gasteiger partial charge in [-0.2, -0.15) is 9.48 Å². The molecule has 0 fully saturated rings. The highest BCUT2D eigenvalue weighted by Crippen LogP contribution is 2.31. The second kappa shape index (κ2) is 6.50. The molecule has 6 heteroatoms. The number of imide groups is 1. The van der Waals surface area contributed by atoms with Gasteiger partial charge in [-0.15, -0.1) is 16.8 Å². The Hall–Kier alpha value is -2.21. The van der Waals surface area contributed by atoms with Gasteiger partial charge in [0.25, 0.3) is 5.84 Å². The highest BCUT2D eigenvalue weighted by molar-refractivity contribution is 8.03. The van der Waals surface area contributed by atoms with Crippen molar-refractivity contribution in [1.82, 2.24) is 4.90 Å². The lowest BCUT2D eigenvalue weighted by Crippen LogP contribution is -2.52. The number of amides is 3. The van der Waals surface area contributed by atoms with Crippen LogP contribution in [0.25, 0.3) is 0 Å². The van der Waals surface area contributed by atoms with Gasteiger partial charge in [-0.05, 0) is 18.1 Å². The zero-order valence-electron chi connectivity index (χ0n) is 13.1. The summed E-state index contributed by atoms with van der Waals surface area (Å²) in [4.78, 5) is 30.9. The molecule has 0 bridgehead atoms. The van der Waals surface area contributed by atoms with Gasteiger partial charge in [-0.1, -0.05) is 30.3 Å². The average Bonchev–Trinajstić information content (AvgIpc) is 2.59. The standard InChI is InChI=1S/C17H18N3O2S/c1-19-15-14(16(21)20(2)17(19)22)13(8-10-18-15)23-11-9-12-6-4-3-5-7-12/h3-8,10,14H,9,11H2,1-2H3/q+1. The summed E-state index contributed by atoms with van der Waals surface area (Å²) >= 11 is 1.65. The lowest BCUT2D eigenvalue weighted by molar-refractivity contribution is -0.407. The molecule has 0 aromatic heterocycles. The zero-order chi connectivity index (χ0) is 16.4. The molecule has 1 aromatic carbocycles. The van der Waals surface area contributed by atoms with Crippen LogP contribution in [-0.2, 0) is 11.2 Å². The number of allylic oxidation sites excluding steroid dienone is 1. The Morgan fingerprint density at radius 3 is 2.74 bits per heavy atom. The third-order valence-corrected chi connectivity index (χ3v) is 5.10. The molecular formula is C17H18N3O2S+. The van der Waals surface area contributed by atoms with Crippen LogP contribution < -0.4 is 0 Å². The summed E-state index contributed by atoms with van der Waals surface area (Å²) < 4.78 is 1.45. The number of carbonyl (C=O) groups excluding carboxylic acids is 2. The van der Waals surface area contributed by atoms with E-state index in [1.165, 1.54) is 22.1 Å². The second-order valence-corrected chi connectivity index (χ2v) is 6.63. The molecule has 0 aliphatic carbocycles. The maximum Gasteiger partial charge on any atom is 0.445 e. The largest absolute Gasteiger partial charge is 0.445 e. The molecule has 23 heavy (non-hydrogen) atoms. The van der Waals surface area contributed by atoms with E-state index in [4.69, 9.17) is 0 Å². The number of hydrogen-bond donors (Lipinski definition) is 0. The number of dihydropyridines is 1. The van der Waals surface area contributed by atoms with E-state index in [0.29, 0.717) is 5.84 Å². The van der Waals surface area contributed by atoms with E-state index in [9.17, 15) is 9.59 Å². The zero-order valence-corrected chi connectivity index (χ0v) is 13.9. The topological polar surface area (TPSA) is 52.8 Å². The number of aryl methyl sites for hydroxylation is 1. The second-order valence-electron chi connectivity index (χ2n) is 5.46. The van der Waals surface area contributed by atoms with Gasteiger partial charge in [-0.25, -0.2) is 4.79 Å². The molecule has 5 nitrogen and oxygen atoms in total. The van der Waals surface area contributed by atoms with E-state index in [1.807, 2.05) is 24.3 Å². The molecule has 1 aromatic rings. The predicted molar refractivity (Wildman–Crippen MR) is 92.0 cm³/mol. The molecule has 3 amide bonds. The molecule has 0 saturated carbocycles. The SMILES string of the molecule is CN1C(=O)C2C(SCCc3ccccc3)=CC=NC2=[N+](C)C1=O. The summed E-state index contributed by atoms with van der Waals surface area (Å²) in [6.45, 7) is 0. The number of hydrogen-bond acceptors (Lipinski definition) is 4. The van der Waals surface area contributed by atoms with Crippen LogP contribution in [0.3, 0.4) is 0 Å². The Labute approximate surface area is 139 Å². The molecule has 0 N–H and O–H groups in total. The minimum atomic E-state index is -0.464. The molecule has 2 aliphatic heterocycles. The first-order valence-electron chi connectivity index (χ1n) is 7.42. The van der Waals surface area contributed by atoms with Crippen molar-refractivity contribution < 1.29 is 14.2 Å². The smallest absolute Gasteiger partial charge is 0.255 e. The maximum atomic E-state index is 12.5. The minimum absolute atomic E-state index is 0.210. The summed E-state index contributed by atoms with van der Waals surface area (Å²) in [5, 5.41) is 0. The van der Waals surface area contributed by atoms with Crippen LogP contribution in [-0.4, -0.2) is 53.3 Å². The van der Waals surface area contributed by atoms with Crippen LogP contribution in [0.1, 0.15) is 5.56 Å². The first-order chi connectivity index (χ1) is 11.1. The van der Waals surface area contributed by atoms with Crippen molar-refractivity contribution in [2.24, 2.45) is 10.9 Å². The van der Waals surface area contributed by atoms with E-state index < -0.39 is 5.92 Å². The summed E-state index contributed by atoms with van der Waals surface area (Å²) in [5.74, 6) is 0.719. The number of aliphatic imine (C=N–C) groups is 1. The van der Waals surface area contributed by atoms with Gasteiger partial charge in [0.2, 0.25) is 0 Å². The van der Waals surface area contributed by atoms with Crippen molar-refractivity contribution in [2.45, 2.75) is 6.42 Å². The fourth-order valence-corrected chi connectivity index (χ4v) is 3.77. The monoisotopic (exact) mass is 328 g/mol. The third kappa shape index (κ3) is 2.99. The van der Waals surface area contributed by atoms with Gasteiger partial charge in [0, 0.05) is 10.7 Å². The Bertz CT molecular complexity index is 737. The number of fused-ring (bicyclic) bond motifs is 1. The summed E-state index contributed by atoms with van der Waals surface area (Å²) in [6.07, 6.45) is 4.47. The van der Waals surface area contributed by atoms with Crippen molar-refractivity contribution in [3.8, 4) is 0 Å². The quantitative estimate of drug-likeness (QED) is 0.796. The van der Waals surface area contributed by atoms with Crippen LogP contribution in [0.15, 0.2) is 46.3 Å². The minimum Gasteiger partial charge on any atom is -0.255 e. The van der Waals surface area contributed by atoms with Crippen molar-refractivity contribution in [3.63, 3.8) is 0 Å². The first-order valence-corrected chi connectivity index (χ1v) is 8.41. The molecule has 1 unspecified atom stereocenters. The van der Waals surface area contributed by atoms with E-state index in [0.717, 1.165) is 17.1 Å². The number of urea groups is 1. The van der Waals surface area contributed by atoms with Crippen LogP contribution in [0.5, 0.6) is 0 Å². The number of nitrogens with zero attached hydrogens (tertiary/aromatic N) is 3. The Kier molecular flexibility index (Phi) is 4.43. The molecule has 3 rings (SSSR count). The van der Waals surface area contributed by atoms with E-state index in [2.05, 4.69) is 17.1 Å². The molecule has 118 valence electrons. The Morgan fingerprint density at radius 1 is 1.26 bits per heavy atom. The van der Waals surface area contributed by atoms with Crippen LogP contribution >= 0.6 is 11.8 Å². The van der Waals surface area contributed by atoms with E-state index >= 15 is 0 Å². The van der Waals surface area contributed by atoms with Gasteiger partial charge < -0.3 is 0 Å². The van der Waals surface area contributed by atoms with Gasteiger partial charge in [0.1, 0.15) is 6.21 Å². The number of benzene rings is 1. The fraction of sp³-hybridized carbons (Fsp3) is 0.294. The highest BCUT2D eigenvalue weighted by Gasteiger charge is 2.46. The summed E-state index contributed by atoms with van der Waals surface area (Å²) in [6, 6.07) is 9.91. The van der Waals surface area contributed by atoms with Crippen LogP contribution in [0, 0.1) is 5.92 Å². The maximum absolute atomic E-state index is 12.5. The normalized spacial score (nSPS) is 20.7. The summed E-state index contributed by atoms with van der Waals surface area (Å²) in [5.41, 5.74) is 1.27. The Balaban J connectivity index is 1.75. The van der Waals surface area contributed by atoms with Crippen molar-refractivity contribution in [3.05, 3.63) is 46.9 Å². The van der Waals surface area contributed by atoms with E-state index in [-0.39, 0.29) is 11.9 Å². The van der Waals surface area contributed by atoms with E-state index in [1.54, 1.807) is 25.0 Å². The highest BCUT2D eigenvalue weighted by atomic mass is 32.2. The van der Waals surface area contributed by atoms with Gasteiger partial charge >= 0.3 is 11.9 Å². The van der Waals surface area contributed by atoms with Crippen LogP contribution in [0.4, 0.5) is 4.79 Å². The molecule has 0 radical (unpaired) electrons. The lowest BCUT2D eigenvalue weighted by atomic mass is 10.0. The number of thioether (sulfide) groups is 1. The number of amidine groups is 1. The molecule has 2 heterocycles. The first kappa shape index (κ1) is 15.7. The van der Waals surface area contributed by atoms with Gasteiger partial charge in [0.05, 0.1) is 14.1 Å². The van der Waals surface area contributed by atoms with Gasteiger partial charge in [-0.3, -0.25) is 4.79 Å². The fourth-order valence-electron chi connectivity index (χ4n) is 2.67. The van der Waals surface area contributed by atoms with Gasteiger partial charge in [0.15, 0.2) is 5.92 Å². The molecule has 1 atom stereocenters. The molecule has 0 saturated heterocycles. The van der Waals surface area contributed by atoms with Crippen molar-refractivity contribution in [1.29, 1.82) is 0 Å². The van der Waals surface area contributed by atoms with Crippen LogP contribution in [0.2, 0.25) is 0 Å². The lowest BCUT2D eigenvalue weighted by Gasteiger charge is -2.26. The summed E-state index contributed by atoms with van der Waals surface area (Å²) in [7, 11) is 3.17. The molecular weight excluding hydrogens is 310 g/mol. The average molecular weight is 328 g/mol. The molecule has 2 aliphatic rings.